The van der Waals surface area contributed by atoms with Crippen LogP contribution in [0.25, 0.3) is 0 Å². The molecule has 102 valence electrons. The van der Waals surface area contributed by atoms with Gasteiger partial charge in [0.2, 0.25) is 5.76 Å². The fourth-order valence-corrected chi connectivity index (χ4v) is 1.66. The molecule has 2 aromatic rings. The number of aliphatic hydroxyl groups is 1. The van der Waals surface area contributed by atoms with E-state index in [0.29, 0.717) is 16.8 Å². The second-order valence-corrected chi connectivity index (χ2v) is 4.28. The van der Waals surface area contributed by atoms with Crippen LogP contribution < -0.4 is 5.32 Å². The molecule has 0 spiro atoms. The van der Waals surface area contributed by atoms with E-state index < -0.39 is 0 Å². The lowest BCUT2D eigenvalue weighted by Gasteiger charge is -2.07. The van der Waals surface area contributed by atoms with Crippen LogP contribution in [0.5, 0.6) is 0 Å². The molecule has 0 saturated heterocycles. The highest BCUT2D eigenvalue weighted by atomic mass is 16.5. The lowest BCUT2D eigenvalue weighted by molar-refractivity contribution is 0.0987. The Balaban J connectivity index is 2.25. The Morgan fingerprint density at radius 2 is 2.20 bits per heavy atom. The summed E-state index contributed by atoms with van der Waals surface area (Å²) in [4.78, 5) is 12.1. The van der Waals surface area contributed by atoms with Crippen LogP contribution in [-0.4, -0.2) is 22.8 Å². The van der Waals surface area contributed by atoms with Gasteiger partial charge >= 0.3 is 0 Å². The van der Waals surface area contributed by atoms with Gasteiger partial charge in [0.1, 0.15) is 6.61 Å². The fraction of sp³-hybridized carbons (Fsp3) is 0.200. The molecule has 1 aromatic heterocycles. The van der Waals surface area contributed by atoms with Crippen molar-refractivity contribution in [1.82, 2.24) is 5.16 Å². The second-order valence-electron chi connectivity index (χ2n) is 4.28. The van der Waals surface area contributed by atoms with E-state index in [0.717, 1.165) is 5.56 Å². The highest BCUT2D eigenvalue weighted by molar-refractivity contribution is 6.03. The molecule has 2 rings (SSSR count). The van der Waals surface area contributed by atoms with Gasteiger partial charge < -0.3 is 14.9 Å². The number of aromatic nitrogens is 1. The van der Waals surface area contributed by atoms with Crippen molar-refractivity contribution in [2.24, 2.45) is 0 Å². The summed E-state index contributed by atoms with van der Waals surface area (Å²) in [6, 6.07) is 5.43. The number of aryl methyl sites for hydroxylation is 2. The van der Waals surface area contributed by atoms with Crippen molar-refractivity contribution in [1.29, 1.82) is 0 Å². The molecular formula is C15H14N2O3. The summed E-state index contributed by atoms with van der Waals surface area (Å²) in [5, 5.41) is 15.0. The Hall–Kier alpha value is -2.58. The number of carbonyl (C=O) groups excluding carboxylic acids is 1. The van der Waals surface area contributed by atoms with E-state index in [2.05, 4.69) is 22.3 Å². The summed E-state index contributed by atoms with van der Waals surface area (Å²) in [7, 11) is 0. The van der Waals surface area contributed by atoms with E-state index in [1.165, 1.54) is 6.20 Å². The van der Waals surface area contributed by atoms with Gasteiger partial charge in [-0.15, -0.1) is 0 Å². The summed E-state index contributed by atoms with van der Waals surface area (Å²) in [6.45, 7) is 3.43. The normalized spacial score (nSPS) is 9.75. The average Bonchev–Trinajstić information content (AvgIpc) is 2.86. The zero-order valence-electron chi connectivity index (χ0n) is 11.2. The maximum absolute atomic E-state index is 12.1. The van der Waals surface area contributed by atoms with Crippen molar-refractivity contribution in [2.45, 2.75) is 13.8 Å². The first-order valence-electron chi connectivity index (χ1n) is 6.05. The quantitative estimate of drug-likeness (QED) is 0.817. The van der Waals surface area contributed by atoms with E-state index in [1.807, 2.05) is 19.1 Å². The largest absolute Gasteiger partial charge is 0.384 e. The van der Waals surface area contributed by atoms with Crippen LogP contribution in [0.4, 0.5) is 5.69 Å². The highest BCUT2D eigenvalue weighted by Gasteiger charge is 2.15. The summed E-state index contributed by atoms with van der Waals surface area (Å²) in [5.74, 6) is 5.20. The van der Waals surface area contributed by atoms with Gasteiger partial charge in [0.05, 0.1) is 6.20 Å². The van der Waals surface area contributed by atoms with Crippen LogP contribution >= 0.6 is 0 Å². The van der Waals surface area contributed by atoms with Crippen molar-refractivity contribution in [3.8, 4) is 11.8 Å². The second kappa shape index (κ2) is 6.04. The summed E-state index contributed by atoms with van der Waals surface area (Å²) in [6.07, 6.45) is 1.49. The van der Waals surface area contributed by atoms with Gasteiger partial charge in [-0.3, -0.25) is 4.79 Å². The number of hydrogen-bond acceptors (Lipinski definition) is 4. The fourth-order valence-electron chi connectivity index (χ4n) is 1.66. The summed E-state index contributed by atoms with van der Waals surface area (Å²) >= 11 is 0. The highest BCUT2D eigenvalue weighted by Crippen LogP contribution is 2.18. The molecule has 5 heteroatoms. The van der Waals surface area contributed by atoms with Crippen molar-refractivity contribution in [3.05, 3.63) is 46.8 Å². The molecule has 2 N–H and O–H groups in total. The van der Waals surface area contributed by atoms with Gasteiger partial charge in [-0.25, -0.2) is 0 Å². The molecule has 1 heterocycles. The Labute approximate surface area is 116 Å². The molecule has 0 bridgehead atoms. The van der Waals surface area contributed by atoms with Crippen LogP contribution in [0.3, 0.4) is 0 Å². The molecule has 20 heavy (non-hydrogen) atoms. The Morgan fingerprint density at radius 1 is 1.40 bits per heavy atom. The predicted molar refractivity (Wildman–Crippen MR) is 74.3 cm³/mol. The minimum atomic E-state index is -0.352. The van der Waals surface area contributed by atoms with E-state index in [9.17, 15) is 4.79 Å². The van der Waals surface area contributed by atoms with Crippen LogP contribution in [0.2, 0.25) is 0 Å². The SMILES string of the molecule is Cc1ccc(C#CCO)cc1NC(=O)c1oncc1C. The molecular weight excluding hydrogens is 256 g/mol. The molecule has 0 radical (unpaired) electrons. The average molecular weight is 270 g/mol. The lowest BCUT2D eigenvalue weighted by Crippen LogP contribution is -2.13. The minimum Gasteiger partial charge on any atom is -0.384 e. The number of carbonyl (C=O) groups is 1. The molecule has 0 aliphatic heterocycles. The Kier molecular flexibility index (Phi) is 4.18. The number of aliphatic hydroxyl groups excluding tert-OH is 1. The molecule has 0 unspecified atom stereocenters. The minimum absolute atomic E-state index is 0.191. The third-order valence-electron chi connectivity index (χ3n) is 2.75. The molecule has 0 aliphatic carbocycles. The number of anilines is 1. The summed E-state index contributed by atoms with van der Waals surface area (Å²) in [5.41, 5.74) is 2.95. The topological polar surface area (TPSA) is 75.4 Å². The molecule has 0 saturated carbocycles. The summed E-state index contributed by atoms with van der Waals surface area (Å²) < 4.78 is 4.91. The number of nitrogens with zero attached hydrogens (tertiary/aromatic N) is 1. The number of rotatable bonds is 2. The van der Waals surface area contributed by atoms with Gasteiger partial charge in [-0.05, 0) is 31.5 Å². The van der Waals surface area contributed by atoms with Crippen LogP contribution in [0, 0.1) is 25.7 Å². The van der Waals surface area contributed by atoms with Crippen LogP contribution in [0.15, 0.2) is 28.9 Å². The van der Waals surface area contributed by atoms with Gasteiger partial charge in [-0.1, -0.05) is 23.1 Å². The molecule has 1 aromatic carbocycles. The maximum atomic E-state index is 12.1. The third kappa shape index (κ3) is 3.05. The molecule has 0 aliphatic rings. The Bertz CT molecular complexity index is 693. The first-order valence-corrected chi connectivity index (χ1v) is 6.05. The Morgan fingerprint density at radius 3 is 2.85 bits per heavy atom. The first kappa shape index (κ1) is 13.8. The zero-order valence-corrected chi connectivity index (χ0v) is 11.2. The lowest BCUT2D eigenvalue weighted by atomic mass is 10.1. The van der Waals surface area contributed by atoms with Crippen LogP contribution in [0.1, 0.15) is 27.2 Å². The molecule has 1 amide bonds. The predicted octanol–water partition coefficient (Wildman–Crippen LogP) is 1.89. The van der Waals surface area contributed by atoms with Gasteiger partial charge in [-0.2, -0.15) is 0 Å². The van der Waals surface area contributed by atoms with E-state index in [4.69, 9.17) is 9.63 Å². The smallest absolute Gasteiger partial charge is 0.294 e. The molecule has 5 nitrogen and oxygen atoms in total. The zero-order chi connectivity index (χ0) is 14.5. The first-order chi connectivity index (χ1) is 9.61. The van der Waals surface area contributed by atoms with Crippen molar-refractivity contribution in [2.75, 3.05) is 11.9 Å². The van der Waals surface area contributed by atoms with Crippen LogP contribution in [-0.2, 0) is 0 Å². The van der Waals surface area contributed by atoms with Crippen molar-refractivity contribution >= 4 is 11.6 Å². The number of nitrogens with one attached hydrogen (secondary N) is 1. The van der Waals surface area contributed by atoms with Crippen molar-refractivity contribution < 1.29 is 14.4 Å². The number of benzene rings is 1. The van der Waals surface area contributed by atoms with Gasteiger partial charge in [0.25, 0.3) is 5.91 Å². The molecule has 0 fully saturated rings. The van der Waals surface area contributed by atoms with E-state index >= 15 is 0 Å². The molecule has 0 atom stereocenters. The van der Waals surface area contributed by atoms with Gasteiger partial charge in [0.15, 0.2) is 0 Å². The number of hydrogen-bond donors (Lipinski definition) is 2. The van der Waals surface area contributed by atoms with E-state index in [-0.39, 0.29) is 18.3 Å². The van der Waals surface area contributed by atoms with Crippen molar-refractivity contribution in [3.63, 3.8) is 0 Å². The third-order valence-corrected chi connectivity index (χ3v) is 2.75. The van der Waals surface area contributed by atoms with Gasteiger partial charge in [0, 0.05) is 16.8 Å². The van der Waals surface area contributed by atoms with E-state index in [1.54, 1.807) is 13.0 Å². The maximum Gasteiger partial charge on any atom is 0.294 e. The standard InChI is InChI=1S/C15H14N2O3/c1-10-5-6-12(4-3-7-18)8-13(10)17-15(19)14-11(2)9-16-20-14/h5-6,8-9,18H,7H2,1-2H3,(H,17,19). The number of amides is 1. The monoisotopic (exact) mass is 270 g/mol.